The van der Waals surface area contributed by atoms with Gasteiger partial charge in [-0.25, -0.2) is 9.79 Å². The number of hydrogen-bond acceptors (Lipinski definition) is 6. The van der Waals surface area contributed by atoms with Crippen molar-refractivity contribution in [2.45, 2.75) is 31.6 Å². The van der Waals surface area contributed by atoms with Gasteiger partial charge in [-0.2, -0.15) is 0 Å². The minimum Gasteiger partial charge on any atom is -0.496 e. The molecule has 1 fully saturated rings. The van der Waals surface area contributed by atoms with Gasteiger partial charge in [0, 0.05) is 10.0 Å². The number of methoxy groups -OCH3 is 2. The van der Waals surface area contributed by atoms with Crippen LogP contribution in [0, 0.1) is 0 Å². The lowest BCUT2D eigenvalue weighted by Gasteiger charge is -2.33. The quantitative estimate of drug-likeness (QED) is 0.670. The number of rotatable bonds is 4. The summed E-state index contributed by atoms with van der Waals surface area (Å²) >= 11 is 4.90. The van der Waals surface area contributed by atoms with Crippen LogP contribution in [-0.2, 0) is 14.3 Å². The van der Waals surface area contributed by atoms with Gasteiger partial charge in [-0.15, -0.1) is 0 Å². The maximum absolute atomic E-state index is 13.0. The van der Waals surface area contributed by atoms with Crippen LogP contribution in [0.25, 0.3) is 0 Å². The number of benzene rings is 1. The highest BCUT2D eigenvalue weighted by molar-refractivity contribution is 9.10. The summed E-state index contributed by atoms with van der Waals surface area (Å²) in [6, 6.07) is 4.88. The molecular weight excluding hydrogens is 420 g/mol. The van der Waals surface area contributed by atoms with Crippen LogP contribution in [-0.4, -0.2) is 41.4 Å². The molecule has 0 unspecified atom stereocenters. The number of esters is 1. The highest BCUT2D eigenvalue weighted by Gasteiger charge is 2.47. The summed E-state index contributed by atoms with van der Waals surface area (Å²) in [6.45, 7) is 3.73. The third-order valence-corrected chi connectivity index (χ3v) is 6.23. The fourth-order valence-corrected chi connectivity index (χ4v) is 4.69. The molecular formula is C18H19BrN2O4S. The molecule has 3 rings (SSSR count). The average molecular weight is 439 g/mol. The van der Waals surface area contributed by atoms with Crippen LogP contribution < -0.4 is 4.74 Å². The standard InChI is InChI=1S/C18H19BrN2O4S/c1-5-13-16(22)21-15(11-8-10(19)6-7-12(11)24-3)14(17(23)25-4)9(2)20-18(21)26-13/h6-8,13,15H,5H2,1-4H3/t13-,15+/m0/s1. The van der Waals surface area contributed by atoms with E-state index < -0.39 is 12.0 Å². The van der Waals surface area contributed by atoms with Gasteiger partial charge >= 0.3 is 5.97 Å². The van der Waals surface area contributed by atoms with Crippen molar-refractivity contribution in [1.82, 2.24) is 4.90 Å². The molecule has 6 nitrogen and oxygen atoms in total. The summed E-state index contributed by atoms with van der Waals surface area (Å²) in [4.78, 5) is 31.7. The van der Waals surface area contributed by atoms with Crippen LogP contribution in [0.3, 0.4) is 0 Å². The molecule has 0 radical (unpaired) electrons. The number of allylic oxidation sites excluding steroid dienone is 1. The average Bonchev–Trinajstić information content (AvgIpc) is 2.95. The Hall–Kier alpha value is -1.80. The fraction of sp³-hybridized carbons (Fsp3) is 0.389. The second kappa shape index (κ2) is 7.44. The first kappa shape index (κ1) is 19.0. The number of thioether (sulfide) groups is 1. The van der Waals surface area contributed by atoms with E-state index in [0.717, 1.165) is 4.47 Å². The van der Waals surface area contributed by atoms with Gasteiger partial charge < -0.3 is 9.47 Å². The topological polar surface area (TPSA) is 68.2 Å². The van der Waals surface area contributed by atoms with Crippen molar-refractivity contribution in [2.75, 3.05) is 14.2 Å². The van der Waals surface area contributed by atoms with Gasteiger partial charge in [-0.3, -0.25) is 9.69 Å². The molecule has 2 heterocycles. The van der Waals surface area contributed by atoms with Crippen molar-refractivity contribution in [3.05, 3.63) is 39.5 Å². The van der Waals surface area contributed by atoms with E-state index in [1.54, 1.807) is 25.0 Å². The summed E-state index contributed by atoms with van der Waals surface area (Å²) in [5.41, 5.74) is 1.60. The minimum atomic E-state index is -0.640. The highest BCUT2D eigenvalue weighted by atomic mass is 79.9. The fourth-order valence-electron chi connectivity index (χ4n) is 3.17. The monoisotopic (exact) mass is 438 g/mol. The van der Waals surface area contributed by atoms with Crippen LogP contribution in [0.4, 0.5) is 0 Å². The molecule has 8 heteroatoms. The Balaban J connectivity index is 2.24. The van der Waals surface area contributed by atoms with Crippen molar-refractivity contribution >= 4 is 44.7 Å². The van der Waals surface area contributed by atoms with Gasteiger partial charge in [0.05, 0.1) is 30.7 Å². The summed E-state index contributed by atoms with van der Waals surface area (Å²) < 4.78 is 11.3. The largest absolute Gasteiger partial charge is 0.496 e. The van der Waals surface area contributed by atoms with Crippen molar-refractivity contribution in [1.29, 1.82) is 0 Å². The summed E-state index contributed by atoms with van der Waals surface area (Å²) in [6.07, 6.45) is 0.688. The zero-order valence-electron chi connectivity index (χ0n) is 14.9. The van der Waals surface area contributed by atoms with Crippen LogP contribution in [0.15, 0.2) is 38.9 Å². The maximum Gasteiger partial charge on any atom is 0.338 e. The molecule has 0 saturated carbocycles. The normalized spacial score (nSPS) is 22.3. The molecule has 0 aliphatic carbocycles. The van der Waals surface area contributed by atoms with Gasteiger partial charge in [-0.05, 0) is 31.5 Å². The van der Waals surface area contributed by atoms with Gasteiger partial charge in [0.1, 0.15) is 11.8 Å². The van der Waals surface area contributed by atoms with Gasteiger partial charge in [0.25, 0.3) is 0 Å². The summed E-state index contributed by atoms with van der Waals surface area (Å²) in [5.74, 6) is 0.0265. The highest BCUT2D eigenvalue weighted by Crippen LogP contribution is 2.46. The van der Waals surface area contributed by atoms with E-state index in [9.17, 15) is 9.59 Å². The second-order valence-corrected chi connectivity index (χ2v) is 7.98. The lowest BCUT2D eigenvalue weighted by molar-refractivity contribution is -0.137. The van der Waals surface area contributed by atoms with Crippen molar-refractivity contribution in [2.24, 2.45) is 4.99 Å². The number of amidine groups is 1. The predicted octanol–water partition coefficient (Wildman–Crippen LogP) is 3.67. The molecule has 0 spiro atoms. The third kappa shape index (κ3) is 3.05. The lowest BCUT2D eigenvalue weighted by Crippen LogP contribution is -2.40. The Labute approximate surface area is 164 Å². The van der Waals surface area contributed by atoms with Crippen molar-refractivity contribution < 1.29 is 19.1 Å². The van der Waals surface area contributed by atoms with E-state index in [-0.39, 0.29) is 11.2 Å². The molecule has 2 aliphatic rings. The Morgan fingerprint density at radius 1 is 1.38 bits per heavy atom. The van der Waals surface area contributed by atoms with Crippen molar-refractivity contribution in [3.63, 3.8) is 0 Å². The van der Waals surface area contributed by atoms with E-state index in [2.05, 4.69) is 20.9 Å². The van der Waals surface area contributed by atoms with Crippen LogP contribution in [0.2, 0.25) is 0 Å². The number of ether oxygens (including phenoxy) is 2. The molecule has 26 heavy (non-hydrogen) atoms. The molecule has 0 N–H and O–H groups in total. The first-order valence-electron chi connectivity index (χ1n) is 8.13. The predicted molar refractivity (Wildman–Crippen MR) is 104 cm³/mol. The third-order valence-electron chi connectivity index (χ3n) is 4.41. The molecule has 2 aliphatic heterocycles. The van der Waals surface area contributed by atoms with E-state index >= 15 is 0 Å². The van der Waals surface area contributed by atoms with Crippen LogP contribution in [0.1, 0.15) is 31.9 Å². The van der Waals surface area contributed by atoms with Crippen LogP contribution in [0.5, 0.6) is 5.75 Å². The first-order chi connectivity index (χ1) is 12.4. The molecule has 1 saturated heterocycles. The Morgan fingerprint density at radius 2 is 2.12 bits per heavy atom. The Kier molecular flexibility index (Phi) is 5.43. The zero-order valence-corrected chi connectivity index (χ0v) is 17.3. The molecule has 138 valence electrons. The van der Waals surface area contributed by atoms with Crippen LogP contribution >= 0.6 is 27.7 Å². The molecule has 1 amide bonds. The van der Waals surface area contributed by atoms with E-state index in [0.29, 0.717) is 34.2 Å². The summed E-state index contributed by atoms with van der Waals surface area (Å²) in [5, 5.41) is 0.401. The number of amides is 1. The van der Waals surface area contributed by atoms with E-state index in [4.69, 9.17) is 9.47 Å². The first-order valence-corrected chi connectivity index (χ1v) is 9.81. The SMILES string of the molecule is CC[C@@H]1SC2=NC(C)=C(C(=O)OC)[C@@H](c3cc(Br)ccc3OC)N2C1=O. The number of fused-ring (bicyclic) bond motifs is 1. The molecule has 0 bridgehead atoms. The van der Waals surface area contributed by atoms with Crippen molar-refractivity contribution in [3.8, 4) is 5.75 Å². The summed E-state index contributed by atoms with van der Waals surface area (Å²) in [7, 11) is 2.89. The Morgan fingerprint density at radius 3 is 2.73 bits per heavy atom. The zero-order chi connectivity index (χ0) is 19.0. The van der Waals surface area contributed by atoms with Gasteiger partial charge in [0.2, 0.25) is 5.91 Å². The lowest BCUT2D eigenvalue weighted by atomic mass is 9.93. The second-order valence-electron chi connectivity index (χ2n) is 5.90. The number of aliphatic imine (C=N–C) groups is 1. The van der Waals surface area contributed by atoms with E-state index in [1.807, 2.05) is 19.1 Å². The minimum absolute atomic E-state index is 0.0582. The molecule has 1 aromatic rings. The molecule has 1 aromatic carbocycles. The number of halogens is 1. The Bertz CT molecular complexity index is 836. The molecule has 0 aromatic heterocycles. The van der Waals surface area contributed by atoms with Gasteiger partial charge in [-0.1, -0.05) is 34.6 Å². The number of hydrogen-bond donors (Lipinski definition) is 0. The van der Waals surface area contributed by atoms with E-state index in [1.165, 1.54) is 18.9 Å². The molecule has 2 atom stereocenters. The van der Waals surface area contributed by atoms with Gasteiger partial charge in [0.15, 0.2) is 5.17 Å². The number of carbonyl (C=O) groups excluding carboxylic acids is 2. The smallest absolute Gasteiger partial charge is 0.338 e. The number of nitrogens with zero attached hydrogens (tertiary/aromatic N) is 2. The maximum atomic E-state index is 13.0. The number of carbonyl (C=O) groups is 2.